The smallest absolute Gasteiger partial charge is 0.159 e. The van der Waals surface area contributed by atoms with E-state index in [1.165, 1.54) is 11.8 Å². The highest BCUT2D eigenvalue weighted by atomic mass is 32.2. The average molecular weight is 441 g/mol. The molecule has 4 aliphatic rings. The molecule has 0 radical (unpaired) electrons. The minimum Gasteiger partial charge on any atom is -0.396 e. The predicted molar refractivity (Wildman–Crippen MR) is 115 cm³/mol. The first-order valence-electron chi connectivity index (χ1n) is 11.3. The van der Waals surface area contributed by atoms with Crippen LogP contribution < -0.4 is 0 Å². The fourth-order valence-electron chi connectivity index (χ4n) is 7.41. The summed E-state index contributed by atoms with van der Waals surface area (Å²) < 4.78 is 0. The quantitative estimate of drug-likeness (QED) is 0.409. The summed E-state index contributed by atoms with van der Waals surface area (Å²) in [5.41, 5.74) is -1.32. The number of fused-ring (bicyclic) bond motifs is 5. The molecule has 0 aromatic heterocycles. The van der Waals surface area contributed by atoms with Gasteiger partial charge in [0.25, 0.3) is 0 Å². The second-order valence-corrected chi connectivity index (χ2v) is 11.7. The van der Waals surface area contributed by atoms with Crippen LogP contribution in [0.5, 0.6) is 0 Å². The van der Waals surface area contributed by atoms with Gasteiger partial charge in [-0.05, 0) is 67.4 Å². The third-order valence-electron chi connectivity index (χ3n) is 9.18. The van der Waals surface area contributed by atoms with Crippen molar-refractivity contribution in [3.05, 3.63) is 11.6 Å². The summed E-state index contributed by atoms with van der Waals surface area (Å²) in [6, 6.07) is 0. The molecule has 0 heterocycles. The largest absolute Gasteiger partial charge is 0.396 e. The Morgan fingerprint density at radius 3 is 2.60 bits per heavy atom. The number of rotatable bonds is 5. The van der Waals surface area contributed by atoms with E-state index < -0.39 is 34.7 Å². The Morgan fingerprint density at radius 1 is 1.17 bits per heavy atom. The maximum atomic E-state index is 13.1. The number of allylic oxidation sites excluding steroid dienone is 1. The van der Waals surface area contributed by atoms with Crippen LogP contribution in [0.15, 0.2) is 11.6 Å². The van der Waals surface area contributed by atoms with Crippen LogP contribution in [0, 0.1) is 28.6 Å². The van der Waals surface area contributed by atoms with E-state index in [1.54, 1.807) is 6.08 Å². The van der Waals surface area contributed by atoms with Crippen LogP contribution in [0.2, 0.25) is 0 Å². The zero-order valence-electron chi connectivity index (χ0n) is 18.0. The Labute approximate surface area is 182 Å². The van der Waals surface area contributed by atoms with Gasteiger partial charge in [0.15, 0.2) is 5.78 Å². The van der Waals surface area contributed by atoms with Gasteiger partial charge >= 0.3 is 0 Å². The number of carbonyl (C=O) groups is 1. The van der Waals surface area contributed by atoms with E-state index in [2.05, 4.69) is 6.92 Å². The number of aliphatic hydroxyl groups excluding tert-OH is 4. The lowest BCUT2D eigenvalue weighted by Crippen LogP contribution is -2.61. The van der Waals surface area contributed by atoms with Crippen molar-refractivity contribution in [2.45, 2.75) is 76.3 Å². The lowest BCUT2D eigenvalue weighted by Gasteiger charge is -2.60. The molecule has 0 saturated heterocycles. The van der Waals surface area contributed by atoms with Crippen molar-refractivity contribution in [1.82, 2.24) is 0 Å². The van der Waals surface area contributed by atoms with E-state index in [-0.39, 0.29) is 36.6 Å². The van der Waals surface area contributed by atoms with Gasteiger partial charge < -0.3 is 25.5 Å². The molecule has 170 valence electrons. The third-order valence-corrected chi connectivity index (χ3v) is 10.2. The van der Waals surface area contributed by atoms with E-state index in [4.69, 9.17) is 5.11 Å². The molecule has 4 rings (SSSR count). The molecule has 0 bridgehead atoms. The normalized spacial score (nSPS) is 49.1. The molecule has 4 aliphatic carbocycles. The molecular weight excluding hydrogens is 404 g/mol. The summed E-state index contributed by atoms with van der Waals surface area (Å²) in [6.07, 6.45) is 2.79. The Kier molecular flexibility index (Phi) is 5.95. The maximum Gasteiger partial charge on any atom is 0.159 e. The summed E-state index contributed by atoms with van der Waals surface area (Å²) >= 11 is 1.52. The summed E-state index contributed by atoms with van der Waals surface area (Å²) in [7, 11) is 0. The van der Waals surface area contributed by atoms with Gasteiger partial charge in [0.05, 0.1) is 30.5 Å². The zero-order chi connectivity index (χ0) is 21.9. The minimum absolute atomic E-state index is 0.0000757. The van der Waals surface area contributed by atoms with Crippen molar-refractivity contribution in [2.24, 2.45) is 28.6 Å². The molecule has 0 spiro atoms. The fourth-order valence-corrected chi connectivity index (χ4v) is 8.18. The fraction of sp³-hybridized carbons (Fsp3) is 0.870. The number of aliphatic hydroxyl groups is 5. The van der Waals surface area contributed by atoms with Crippen molar-refractivity contribution in [1.29, 1.82) is 0 Å². The van der Waals surface area contributed by atoms with Gasteiger partial charge in [0.2, 0.25) is 0 Å². The van der Waals surface area contributed by atoms with Crippen molar-refractivity contribution in [2.75, 3.05) is 18.1 Å². The van der Waals surface area contributed by atoms with Gasteiger partial charge in [-0.1, -0.05) is 13.8 Å². The van der Waals surface area contributed by atoms with Crippen molar-refractivity contribution < 1.29 is 30.3 Å². The molecular formula is C23H36O6S. The van der Waals surface area contributed by atoms with Crippen molar-refractivity contribution in [3.63, 3.8) is 0 Å². The summed E-state index contributed by atoms with van der Waals surface area (Å²) in [4.78, 5) is 13.1. The topological polar surface area (TPSA) is 118 Å². The lowest BCUT2D eigenvalue weighted by molar-refractivity contribution is -0.154. The minimum atomic E-state index is -1.13. The molecule has 9 atom stereocenters. The van der Waals surface area contributed by atoms with Crippen LogP contribution in [0.25, 0.3) is 0 Å². The molecule has 30 heavy (non-hydrogen) atoms. The van der Waals surface area contributed by atoms with E-state index >= 15 is 0 Å². The number of ketones is 1. The summed E-state index contributed by atoms with van der Waals surface area (Å²) in [6.45, 7) is 4.18. The molecule has 0 aromatic carbocycles. The molecule has 5 N–H and O–H groups in total. The molecule has 6 nitrogen and oxygen atoms in total. The third kappa shape index (κ3) is 3.15. The SMILES string of the molecule is CC12CC(O)C(O)CC1C(=O)C=C1C2CCC2(C)C(C(O)CSCCO)CCC12O. The van der Waals surface area contributed by atoms with Gasteiger partial charge in [-0.2, -0.15) is 11.8 Å². The average Bonchev–Trinajstić information content (AvgIpc) is 2.96. The standard InChI is InChI=1S/C23H36O6S/c1-21-11-19(27)18(26)10-16(21)17(25)9-15-13(21)3-5-22(2)14(4-6-23(15,22)29)20(28)12-30-8-7-24/h9,13-14,16,18-20,24,26-29H,3-8,10-12H2,1-2H3. The van der Waals surface area contributed by atoms with Gasteiger partial charge in [-0.3, -0.25) is 4.79 Å². The zero-order valence-corrected chi connectivity index (χ0v) is 18.8. The molecule has 7 heteroatoms. The Hall–Kier alpha value is -0.440. The Balaban J connectivity index is 1.65. The maximum absolute atomic E-state index is 13.1. The summed E-state index contributed by atoms with van der Waals surface area (Å²) in [5, 5.41) is 52.4. The number of hydrogen-bond donors (Lipinski definition) is 5. The lowest BCUT2D eigenvalue weighted by atomic mass is 9.46. The molecule has 0 amide bonds. The second-order valence-electron chi connectivity index (χ2n) is 10.5. The first kappa shape index (κ1) is 22.7. The van der Waals surface area contributed by atoms with Crippen LogP contribution in [0.1, 0.15) is 52.4 Å². The first-order chi connectivity index (χ1) is 14.1. The van der Waals surface area contributed by atoms with E-state index in [9.17, 15) is 25.2 Å². The van der Waals surface area contributed by atoms with Crippen molar-refractivity contribution in [3.8, 4) is 0 Å². The predicted octanol–water partition coefficient (Wildman–Crippen LogP) is 1.28. The second kappa shape index (κ2) is 7.85. The molecule has 9 unspecified atom stereocenters. The van der Waals surface area contributed by atoms with Gasteiger partial charge in [0.1, 0.15) is 0 Å². The molecule has 0 aromatic rings. The Morgan fingerprint density at radius 2 is 1.90 bits per heavy atom. The van der Waals surface area contributed by atoms with Crippen LogP contribution in [0.3, 0.4) is 0 Å². The highest BCUT2D eigenvalue weighted by Crippen LogP contribution is 2.67. The first-order valence-corrected chi connectivity index (χ1v) is 12.4. The van der Waals surface area contributed by atoms with Crippen LogP contribution in [-0.2, 0) is 4.79 Å². The molecule has 3 fully saturated rings. The van der Waals surface area contributed by atoms with Gasteiger partial charge in [0, 0.05) is 22.8 Å². The van der Waals surface area contributed by atoms with Gasteiger partial charge in [-0.15, -0.1) is 0 Å². The molecule has 3 saturated carbocycles. The number of hydrogen-bond acceptors (Lipinski definition) is 7. The number of thioether (sulfide) groups is 1. The monoisotopic (exact) mass is 440 g/mol. The number of carbonyl (C=O) groups excluding carboxylic acids is 1. The van der Waals surface area contributed by atoms with Crippen LogP contribution in [0.4, 0.5) is 0 Å². The van der Waals surface area contributed by atoms with E-state index in [0.29, 0.717) is 30.8 Å². The van der Waals surface area contributed by atoms with Crippen molar-refractivity contribution >= 4 is 17.5 Å². The molecule has 0 aliphatic heterocycles. The highest BCUT2D eigenvalue weighted by Gasteiger charge is 2.67. The van der Waals surface area contributed by atoms with Crippen LogP contribution >= 0.6 is 11.8 Å². The van der Waals surface area contributed by atoms with E-state index in [1.807, 2.05) is 6.92 Å². The summed E-state index contributed by atoms with van der Waals surface area (Å²) in [5.74, 6) is 0.683. The Bertz CT molecular complexity index is 726. The van der Waals surface area contributed by atoms with Crippen LogP contribution in [-0.4, -0.2) is 73.3 Å². The van der Waals surface area contributed by atoms with E-state index in [0.717, 1.165) is 18.4 Å². The highest BCUT2D eigenvalue weighted by molar-refractivity contribution is 7.99. The van der Waals surface area contributed by atoms with Gasteiger partial charge in [-0.25, -0.2) is 0 Å².